The minimum Gasteiger partial charge on any atom is -0.460 e. The van der Waals surface area contributed by atoms with Crippen LogP contribution >= 0.6 is 0 Å². The predicted molar refractivity (Wildman–Crippen MR) is 51.8 cm³/mol. The highest BCUT2D eigenvalue weighted by Gasteiger charge is 2.48. The fraction of sp³-hybridized carbons (Fsp3) is 0.111. The zero-order valence-electron chi connectivity index (χ0n) is 8.06. The number of benzene rings is 1. The molecule has 0 saturated carbocycles. The molecule has 0 aliphatic rings. The Morgan fingerprint density at radius 3 is 2.53 bits per heavy atom. The van der Waals surface area contributed by atoms with Crippen molar-refractivity contribution in [3.8, 4) is 5.75 Å². The fourth-order valence-corrected chi connectivity index (χ4v) is 1.66. The topological polar surface area (TPSA) is 56.5 Å². The first-order valence-electron chi connectivity index (χ1n) is 4.28. The lowest BCUT2D eigenvalue weighted by atomic mass is 10.2. The Hall–Kier alpha value is -1.70. The summed E-state index contributed by atoms with van der Waals surface area (Å²) in [6.07, 6.45) is 1.22. The number of fused-ring (bicyclic) bond motifs is 1. The zero-order chi connectivity index (χ0) is 12.7. The van der Waals surface area contributed by atoms with Gasteiger partial charge in [0.2, 0.25) is 0 Å². The molecule has 0 aliphatic heterocycles. The molecule has 0 N–H and O–H groups in total. The van der Waals surface area contributed by atoms with Gasteiger partial charge in [-0.1, -0.05) is 12.1 Å². The fourth-order valence-electron chi connectivity index (χ4n) is 1.20. The lowest BCUT2D eigenvalue weighted by Gasteiger charge is -2.09. The van der Waals surface area contributed by atoms with Gasteiger partial charge in [-0.15, -0.1) is 0 Å². The molecular weight excluding hydrogens is 261 g/mol. The number of alkyl halides is 3. The Morgan fingerprint density at radius 1 is 1.18 bits per heavy atom. The number of para-hydroxylation sites is 1. The summed E-state index contributed by atoms with van der Waals surface area (Å²) >= 11 is 0. The maximum absolute atomic E-state index is 12.1. The van der Waals surface area contributed by atoms with E-state index in [1.165, 1.54) is 18.4 Å². The van der Waals surface area contributed by atoms with Gasteiger partial charge in [-0.05, 0) is 12.1 Å². The van der Waals surface area contributed by atoms with Gasteiger partial charge in [0.25, 0.3) is 0 Å². The number of rotatable bonds is 2. The monoisotopic (exact) mass is 266 g/mol. The van der Waals surface area contributed by atoms with Crippen LogP contribution in [0.3, 0.4) is 0 Å². The lowest BCUT2D eigenvalue weighted by molar-refractivity contribution is -0.0499. The van der Waals surface area contributed by atoms with Crippen molar-refractivity contribution in [1.82, 2.24) is 0 Å². The van der Waals surface area contributed by atoms with E-state index < -0.39 is 21.4 Å². The molecule has 0 atom stereocenters. The second kappa shape index (κ2) is 3.66. The molecule has 0 amide bonds. The van der Waals surface area contributed by atoms with Gasteiger partial charge in [-0.25, -0.2) is 0 Å². The van der Waals surface area contributed by atoms with E-state index >= 15 is 0 Å². The molecule has 1 aromatic carbocycles. The van der Waals surface area contributed by atoms with Gasteiger partial charge in [-0.3, -0.25) is 0 Å². The summed E-state index contributed by atoms with van der Waals surface area (Å²) < 4.78 is 66.7. The normalized spacial score (nSPS) is 12.9. The molecule has 0 aliphatic carbocycles. The molecule has 1 aromatic heterocycles. The summed E-state index contributed by atoms with van der Waals surface area (Å²) in [6, 6.07) is 5.46. The largest absolute Gasteiger partial charge is 0.534 e. The summed E-state index contributed by atoms with van der Waals surface area (Å²) in [6.45, 7) is 0. The predicted octanol–water partition coefficient (Wildman–Crippen LogP) is 2.66. The first kappa shape index (κ1) is 11.8. The van der Waals surface area contributed by atoms with Crippen LogP contribution in [0.25, 0.3) is 11.0 Å². The van der Waals surface area contributed by atoms with Crippen LogP contribution in [0.1, 0.15) is 0 Å². The molecule has 2 aromatic rings. The molecule has 0 fully saturated rings. The SMILES string of the molecule is O=S(=O)(Oc1cccc2ccoc12)C(F)(F)F. The van der Waals surface area contributed by atoms with Crippen LogP contribution in [0.15, 0.2) is 34.9 Å². The smallest absolute Gasteiger partial charge is 0.460 e. The molecule has 17 heavy (non-hydrogen) atoms. The van der Waals surface area contributed by atoms with Gasteiger partial charge in [0, 0.05) is 5.39 Å². The third-order valence-electron chi connectivity index (χ3n) is 1.93. The molecule has 92 valence electrons. The first-order valence-corrected chi connectivity index (χ1v) is 5.69. The number of hydrogen-bond acceptors (Lipinski definition) is 4. The van der Waals surface area contributed by atoms with E-state index in [0.717, 1.165) is 6.07 Å². The van der Waals surface area contributed by atoms with Crippen LogP contribution in [0.4, 0.5) is 13.2 Å². The molecule has 0 bridgehead atoms. The van der Waals surface area contributed by atoms with E-state index in [2.05, 4.69) is 4.18 Å². The van der Waals surface area contributed by atoms with Crippen molar-refractivity contribution in [3.05, 3.63) is 30.5 Å². The van der Waals surface area contributed by atoms with Crippen LogP contribution in [-0.4, -0.2) is 13.9 Å². The van der Waals surface area contributed by atoms with Gasteiger partial charge in [0.1, 0.15) is 0 Å². The molecule has 0 radical (unpaired) electrons. The van der Waals surface area contributed by atoms with E-state index in [9.17, 15) is 21.6 Å². The molecule has 0 saturated heterocycles. The average molecular weight is 266 g/mol. The van der Waals surface area contributed by atoms with Crippen molar-refractivity contribution in [3.63, 3.8) is 0 Å². The standard InChI is InChI=1S/C9H5F3O4S/c10-9(11,12)17(13,14)16-7-3-1-2-6-4-5-15-8(6)7/h1-5H. The molecular formula is C9H5F3O4S. The first-order chi connectivity index (χ1) is 7.81. The average Bonchev–Trinajstić information content (AvgIpc) is 2.64. The Balaban J connectivity index is 2.47. The van der Waals surface area contributed by atoms with Gasteiger partial charge < -0.3 is 8.60 Å². The molecule has 0 unspecified atom stereocenters. The Labute approximate surface area is 93.7 Å². The van der Waals surface area contributed by atoms with E-state index in [1.807, 2.05) is 0 Å². The molecule has 0 spiro atoms. The van der Waals surface area contributed by atoms with Crippen molar-refractivity contribution in [2.24, 2.45) is 0 Å². The van der Waals surface area contributed by atoms with Crippen molar-refractivity contribution < 1.29 is 30.2 Å². The number of furan rings is 1. The van der Waals surface area contributed by atoms with Crippen molar-refractivity contribution in [1.29, 1.82) is 0 Å². The highest BCUT2D eigenvalue weighted by Crippen LogP contribution is 2.31. The highest BCUT2D eigenvalue weighted by molar-refractivity contribution is 7.88. The number of hydrogen-bond donors (Lipinski definition) is 0. The Kier molecular flexibility index (Phi) is 2.53. The van der Waals surface area contributed by atoms with Crippen LogP contribution in [0.5, 0.6) is 5.75 Å². The van der Waals surface area contributed by atoms with Crippen LogP contribution < -0.4 is 4.18 Å². The Bertz CT molecular complexity index is 642. The molecule has 1 heterocycles. The van der Waals surface area contributed by atoms with E-state index in [-0.39, 0.29) is 5.58 Å². The Morgan fingerprint density at radius 2 is 1.88 bits per heavy atom. The minimum atomic E-state index is -5.68. The lowest BCUT2D eigenvalue weighted by Crippen LogP contribution is -2.28. The van der Waals surface area contributed by atoms with E-state index in [4.69, 9.17) is 4.42 Å². The summed E-state index contributed by atoms with van der Waals surface area (Å²) in [5.41, 5.74) is -5.53. The van der Waals surface area contributed by atoms with Crippen molar-refractivity contribution >= 4 is 21.1 Å². The maximum atomic E-state index is 12.1. The second-order valence-electron chi connectivity index (χ2n) is 3.08. The van der Waals surface area contributed by atoms with Gasteiger partial charge in [0.05, 0.1) is 6.26 Å². The van der Waals surface area contributed by atoms with Crippen LogP contribution in [0.2, 0.25) is 0 Å². The van der Waals surface area contributed by atoms with Crippen molar-refractivity contribution in [2.45, 2.75) is 5.51 Å². The van der Waals surface area contributed by atoms with Crippen LogP contribution in [-0.2, 0) is 10.1 Å². The highest BCUT2D eigenvalue weighted by atomic mass is 32.2. The van der Waals surface area contributed by atoms with Gasteiger partial charge >= 0.3 is 15.6 Å². The molecule has 2 rings (SSSR count). The summed E-state index contributed by atoms with van der Waals surface area (Å²) in [7, 11) is -5.68. The summed E-state index contributed by atoms with van der Waals surface area (Å²) in [5.74, 6) is -0.496. The third kappa shape index (κ3) is 2.07. The quantitative estimate of drug-likeness (QED) is 0.619. The van der Waals surface area contributed by atoms with E-state index in [1.54, 1.807) is 6.07 Å². The summed E-state index contributed by atoms with van der Waals surface area (Å²) in [4.78, 5) is 0. The molecule has 4 nitrogen and oxygen atoms in total. The second-order valence-corrected chi connectivity index (χ2v) is 4.62. The van der Waals surface area contributed by atoms with Crippen LogP contribution in [0, 0.1) is 0 Å². The zero-order valence-corrected chi connectivity index (χ0v) is 8.88. The van der Waals surface area contributed by atoms with Gasteiger partial charge in [0.15, 0.2) is 11.3 Å². The minimum absolute atomic E-state index is 0.0553. The van der Waals surface area contributed by atoms with Gasteiger partial charge in [-0.2, -0.15) is 21.6 Å². The summed E-state index contributed by atoms with van der Waals surface area (Å²) in [5, 5.41) is 0.444. The molecule has 8 heteroatoms. The number of halogens is 3. The maximum Gasteiger partial charge on any atom is 0.534 e. The van der Waals surface area contributed by atoms with Crippen molar-refractivity contribution in [2.75, 3.05) is 0 Å². The van der Waals surface area contributed by atoms with E-state index in [0.29, 0.717) is 5.39 Å². The third-order valence-corrected chi connectivity index (χ3v) is 2.89.